The second kappa shape index (κ2) is 7.86. The van der Waals surface area contributed by atoms with Crippen LogP contribution in [0, 0.1) is 0 Å². The van der Waals surface area contributed by atoms with Crippen LogP contribution in [0.25, 0.3) is 10.9 Å². The summed E-state index contributed by atoms with van der Waals surface area (Å²) < 4.78 is 35.3. The van der Waals surface area contributed by atoms with Gasteiger partial charge in [-0.05, 0) is 30.3 Å². The van der Waals surface area contributed by atoms with Crippen LogP contribution in [-0.2, 0) is 16.6 Å². The molecule has 1 amide bonds. The smallest absolute Gasteiger partial charge is 0.387 e. The van der Waals surface area contributed by atoms with Gasteiger partial charge in [-0.3, -0.25) is 4.79 Å². The number of alkyl halides is 2. The van der Waals surface area contributed by atoms with Gasteiger partial charge in [0.2, 0.25) is 0 Å². The van der Waals surface area contributed by atoms with Crippen molar-refractivity contribution in [3.8, 4) is 5.75 Å². The van der Waals surface area contributed by atoms with Gasteiger partial charge in [-0.1, -0.05) is 18.2 Å². The van der Waals surface area contributed by atoms with Crippen molar-refractivity contribution in [2.24, 2.45) is 7.05 Å². The maximum Gasteiger partial charge on any atom is 0.387 e. The van der Waals surface area contributed by atoms with Crippen molar-refractivity contribution in [2.45, 2.75) is 6.61 Å². The molecule has 0 saturated heterocycles. The molecule has 0 aliphatic carbocycles. The van der Waals surface area contributed by atoms with Crippen LogP contribution in [-0.4, -0.2) is 29.7 Å². The fraction of sp³-hybridized carbons (Fsp3) is 0.158. The molecule has 6 nitrogen and oxygen atoms in total. The van der Waals surface area contributed by atoms with E-state index in [1.165, 1.54) is 24.3 Å². The summed E-state index contributed by atoms with van der Waals surface area (Å²) in [7, 11) is 1.81. The Hall–Kier alpha value is -3.42. The number of rotatable bonds is 6. The molecular weight excluding hydrogens is 358 g/mol. The van der Waals surface area contributed by atoms with Gasteiger partial charge in [-0.2, -0.15) is 8.78 Å². The van der Waals surface area contributed by atoms with Crippen molar-refractivity contribution in [3.63, 3.8) is 0 Å². The second-order valence-corrected chi connectivity index (χ2v) is 5.70. The summed E-state index contributed by atoms with van der Waals surface area (Å²) >= 11 is 0. The number of ether oxygens (including phenoxy) is 2. The number of amides is 1. The van der Waals surface area contributed by atoms with Crippen LogP contribution in [0.1, 0.15) is 10.4 Å². The number of anilines is 1. The molecule has 0 radical (unpaired) electrons. The minimum absolute atomic E-state index is 0.0228. The zero-order valence-electron chi connectivity index (χ0n) is 14.3. The highest BCUT2D eigenvalue weighted by Crippen LogP contribution is 2.21. The Morgan fingerprint density at radius 3 is 2.52 bits per heavy atom. The lowest BCUT2D eigenvalue weighted by molar-refractivity contribution is -0.119. The van der Waals surface area contributed by atoms with Crippen LogP contribution < -0.4 is 10.1 Å². The SMILES string of the molecule is Cn1cc(C(=O)OCC(=O)Nc2ccc(OC(F)F)cc2)c2ccccc21. The zero-order valence-corrected chi connectivity index (χ0v) is 14.3. The van der Waals surface area contributed by atoms with Crippen LogP contribution in [0.15, 0.2) is 54.7 Å². The summed E-state index contributed by atoms with van der Waals surface area (Å²) in [5, 5.41) is 3.24. The molecule has 0 spiro atoms. The first-order chi connectivity index (χ1) is 12.9. The fourth-order valence-electron chi connectivity index (χ4n) is 2.63. The molecule has 8 heteroatoms. The first-order valence-electron chi connectivity index (χ1n) is 8.00. The Morgan fingerprint density at radius 2 is 1.81 bits per heavy atom. The van der Waals surface area contributed by atoms with Gasteiger partial charge in [0.25, 0.3) is 5.91 Å². The first kappa shape index (κ1) is 18.4. The average Bonchev–Trinajstić information content (AvgIpc) is 2.98. The van der Waals surface area contributed by atoms with Crippen LogP contribution in [0.5, 0.6) is 5.75 Å². The quantitative estimate of drug-likeness (QED) is 0.670. The summed E-state index contributed by atoms with van der Waals surface area (Å²) in [5.41, 5.74) is 1.61. The van der Waals surface area contributed by atoms with Crippen molar-refractivity contribution in [2.75, 3.05) is 11.9 Å². The largest absolute Gasteiger partial charge is 0.452 e. The summed E-state index contributed by atoms with van der Waals surface area (Å²) in [4.78, 5) is 24.2. The number of esters is 1. The molecule has 0 atom stereocenters. The van der Waals surface area contributed by atoms with Gasteiger partial charge in [0.15, 0.2) is 6.61 Å². The highest BCUT2D eigenvalue weighted by atomic mass is 19.3. The molecule has 1 aromatic heterocycles. The van der Waals surface area contributed by atoms with E-state index in [0.717, 1.165) is 10.9 Å². The Bertz CT molecular complexity index is 968. The molecule has 0 aliphatic rings. The van der Waals surface area contributed by atoms with Gasteiger partial charge in [0.05, 0.1) is 5.56 Å². The van der Waals surface area contributed by atoms with Crippen molar-refractivity contribution in [1.29, 1.82) is 0 Å². The molecule has 3 rings (SSSR count). The van der Waals surface area contributed by atoms with Crippen molar-refractivity contribution >= 4 is 28.5 Å². The summed E-state index contributed by atoms with van der Waals surface area (Å²) in [5.74, 6) is -1.18. The highest BCUT2D eigenvalue weighted by Gasteiger charge is 2.16. The number of hydrogen-bond donors (Lipinski definition) is 1. The molecule has 3 aromatic rings. The van der Waals surface area contributed by atoms with E-state index < -0.39 is 25.1 Å². The highest BCUT2D eigenvalue weighted by molar-refractivity contribution is 6.05. The number of para-hydroxylation sites is 1. The molecule has 140 valence electrons. The topological polar surface area (TPSA) is 69.6 Å². The predicted octanol–water partition coefficient (Wildman–Crippen LogP) is 3.58. The third-order valence-corrected chi connectivity index (χ3v) is 3.81. The number of carbonyl (C=O) groups is 2. The maximum atomic E-state index is 12.3. The number of hydrogen-bond acceptors (Lipinski definition) is 4. The average molecular weight is 374 g/mol. The second-order valence-electron chi connectivity index (χ2n) is 5.70. The van der Waals surface area contributed by atoms with Crippen molar-refractivity contribution in [3.05, 3.63) is 60.3 Å². The normalized spacial score (nSPS) is 10.8. The number of fused-ring (bicyclic) bond motifs is 1. The van der Waals surface area contributed by atoms with Crippen molar-refractivity contribution in [1.82, 2.24) is 4.57 Å². The molecule has 1 N–H and O–H groups in total. The Kier molecular flexibility index (Phi) is 5.35. The number of aryl methyl sites for hydroxylation is 1. The van der Waals surface area contributed by atoms with E-state index in [4.69, 9.17) is 4.74 Å². The lowest BCUT2D eigenvalue weighted by Gasteiger charge is -2.08. The minimum Gasteiger partial charge on any atom is -0.452 e. The molecule has 27 heavy (non-hydrogen) atoms. The minimum atomic E-state index is -2.92. The monoisotopic (exact) mass is 374 g/mol. The molecule has 0 saturated carbocycles. The maximum absolute atomic E-state index is 12.3. The zero-order chi connectivity index (χ0) is 19.4. The number of aromatic nitrogens is 1. The van der Waals surface area contributed by atoms with E-state index >= 15 is 0 Å². The number of nitrogens with zero attached hydrogens (tertiary/aromatic N) is 1. The number of halogens is 2. The Balaban J connectivity index is 1.58. The summed E-state index contributed by atoms with van der Waals surface area (Å²) in [6.07, 6.45) is 1.65. The molecule has 0 aliphatic heterocycles. The van der Waals surface area contributed by atoms with Crippen LogP contribution >= 0.6 is 0 Å². The third kappa shape index (κ3) is 4.41. The van der Waals surface area contributed by atoms with Gasteiger partial charge in [-0.25, -0.2) is 4.79 Å². The lowest BCUT2D eigenvalue weighted by atomic mass is 10.2. The predicted molar refractivity (Wildman–Crippen MR) is 94.9 cm³/mol. The molecule has 0 fully saturated rings. The van der Waals surface area contributed by atoms with E-state index in [0.29, 0.717) is 11.3 Å². The molecule has 1 heterocycles. The van der Waals surface area contributed by atoms with Crippen LogP contribution in [0.4, 0.5) is 14.5 Å². The third-order valence-electron chi connectivity index (χ3n) is 3.81. The van der Waals surface area contributed by atoms with E-state index in [1.54, 1.807) is 16.8 Å². The lowest BCUT2D eigenvalue weighted by Crippen LogP contribution is -2.20. The van der Waals surface area contributed by atoms with Gasteiger partial charge in [0.1, 0.15) is 5.75 Å². The number of nitrogens with one attached hydrogen (secondary N) is 1. The Labute approximate surface area is 153 Å². The van der Waals surface area contributed by atoms with Crippen molar-refractivity contribution < 1.29 is 27.8 Å². The molecule has 0 bridgehead atoms. The molecule has 2 aromatic carbocycles. The van der Waals surface area contributed by atoms with Gasteiger partial charge >= 0.3 is 12.6 Å². The molecule has 0 unspecified atom stereocenters. The van der Waals surface area contributed by atoms with Gasteiger partial charge in [-0.15, -0.1) is 0 Å². The van der Waals surface area contributed by atoms with Crippen LogP contribution in [0.2, 0.25) is 0 Å². The van der Waals surface area contributed by atoms with E-state index in [9.17, 15) is 18.4 Å². The summed E-state index contributed by atoms with van der Waals surface area (Å²) in [6, 6.07) is 12.8. The fourth-order valence-corrected chi connectivity index (χ4v) is 2.63. The first-order valence-corrected chi connectivity index (χ1v) is 8.00. The van der Waals surface area contributed by atoms with Gasteiger partial charge in [0, 0.05) is 29.8 Å². The van der Waals surface area contributed by atoms with E-state index in [1.807, 2.05) is 25.2 Å². The van der Waals surface area contributed by atoms with Crippen LogP contribution in [0.3, 0.4) is 0 Å². The summed E-state index contributed by atoms with van der Waals surface area (Å²) in [6.45, 7) is -3.39. The van der Waals surface area contributed by atoms with Gasteiger partial charge < -0.3 is 19.4 Å². The number of carbonyl (C=O) groups excluding carboxylic acids is 2. The number of benzene rings is 2. The molecular formula is C19H16F2N2O4. The van der Waals surface area contributed by atoms with E-state index in [2.05, 4.69) is 10.1 Å². The standard InChI is InChI=1S/C19H16F2N2O4/c1-23-10-15(14-4-2-3-5-16(14)23)18(25)26-11-17(24)22-12-6-8-13(9-7-12)27-19(20)21/h2-10,19H,11H2,1H3,(H,22,24). The van der Waals surface area contributed by atoms with E-state index in [-0.39, 0.29) is 5.75 Å². The Morgan fingerprint density at radius 1 is 1.11 bits per heavy atom.